The highest BCUT2D eigenvalue weighted by Gasteiger charge is 2.24. The molecule has 0 atom stereocenters. The van der Waals surface area contributed by atoms with Gasteiger partial charge in [-0.05, 0) is 72.8 Å². The second kappa shape index (κ2) is 10.2. The van der Waals surface area contributed by atoms with E-state index in [1.54, 1.807) is 30.3 Å². The topological polar surface area (TPSA) is 126 Å². The lowest BCUT2D eigenvalue weighted by molar-refractivity contribution is 0.0600. The number of carbonyl (C=O) groups is 1. The second-order valence-electron chi connectivity index (χ2n) is 8.15. The molecule has 2 aromatic rings. The van der Waals surface area contributed by atoms with E-state index in [-0.39, 0.29) is 12.4 Å². The summed E-state index contributed by atoms with van der Waals surface area (Å²) in [5, 5.41) is 11.0. The van der Waals surface area contributed by atoms with E-state index in [0.717, 1.165) is 37.1 Å². The van der Waals surface area contributed by atoms with Gasteiger partial charge < -0.3 is 15.8 Å². The summed E-state index contributed by atoms with van der Waals surface area (Å²) in [6.07, 6.45) is 3.07. The fraction of sp³-hybridized carbons (Fsp3) is 0.391. The minimum atomic E-state index is -3.44. The Labute approximate surface area is 189 Å². The Morgan fingerprint density at radius 2 is 1.84 bits per heavy atom. The predicted octanol–water partition coefficient (Wildman–Crippen LogP) is 2.19. The monoisotopic (exact) mass is 458 g/mol. The molecule has 0 amide bonds. The van der Waals surface area contributed by atoms with E-state index in [1.165, 1.54) is 17.7 Å². The summed E-state index contributed by atoms with van der Waals surface area (Å²) in [6.45, 7) is 2.37. The van der Waals surface area contributed by atoms with Crippen LogP contribution in [0.15, 0.2) is 42.5 Å². The number of sulfonamides is 1. The first-order valence-corrected chi connectivity index (χ1v) is 12.3. The van der Waals surface area contributed by atoms with Gasteiger partial charge in [-0.25, -0.2) is 13.2 Å². The van der Waals surface area contributed by atoms with Crippen molar-refractivity contribution in [1.82, 2.24) is 9.62 Å². The normalized spacial score (nSPS) is 15.0. The number of methoxy groups -OCH3 is 1. The van der Waals surface area contributed by atoms with Gasteiger partial charge in [0.15, 0.2) is 0 Å². The van der Waals surface area contributed by atoms with Gasteiger partial charge >= 0.3 is 5.97 Å². The standard InChI is InChI=1S/C23H30N4O4S/c1-31-23(28)21-11-17(10-20(13-21)18-4-3-5-19(12-18)22(24)25)15-27(32(2,29)30)14-16-6-8-26-9-7-16/h3-5,10-13,16,26H,6-9,14-15H2,1-2H3,(H3,24,25). The van der Waals surface area contributed by atoms with E-state index in [1.807, 2.05) is 12.1 Å². The molecule has 2 aromatic carbocycles. The van der Waals surface area contributed by atoms with Crippen molar-refractivity contribution >= 4 is 21.8 Å². The predicted molar refractivity (Wildman–Crippen MR) is 125 cm³/mol. The molecule has 1 aliphatic rings. The summed E-state index contributed by atoms with van der Waals surface area (Å²) in [4.78, 5) is 12.3. The lowest BCUT2D eigenvalue weighted by Crippen LogP contribution is -2.38. The van der Waals surface area contributed by atoms with Crippen LogP contribution in [-0.2, 0) is 21.3 Å². The number of ether oxygens (including phenoxy) is 1. The molecule has 1 saturated heterocycles. The molecule has 0 bridgehead atoms. The van der Waals surface area contributed by atoms with E-state index >= 15 is 0 Å². The number of hydrogen-bond acceptors (Lipinski definition) is 6. The molecule has 1 heterocycles. The van der Waals surface area contributed by atoms with Crippen molar-refractivity contribution in [3.63, 3.8) is 0 Å². The Morgan fingerprint density at radius 1 is 1.16 bits per heavy atom. The summed E-state index contributed by atoms with van der Waals surface area (Å²) in [7, 11) is -2.13. The quantitative estimate of drug-likeness (QED) is 0.316. The number of nitrogens with zero attached hydrogens (tertiary/aromatic N) is 1. The highest BCUT2D eigenvalue weighted by atomic mass is 32.2. The third-order valence-corrected chi connectivity index (χ3v) is 6.89. The zero-order valence-electron chi connectivity index (χ0n) is 18.4. The van der Waals surface area contributed by atoms with Gasteiger partial charge in [0, 0.05) is 18.7 Å². The molecule has 0 unspecified atom stereocenters. The molecule has 8 nitrogen and oxygen atoms in total. The largest absolute Gasteiger partial charge is 0.465 e. The highest BCUT2D eigenvalue weighted by Crippen LogP contribution is 2.26. The average molecular weight is 459 g/mol. The summed E-state index contributed by atoms with van der Waals surface area (Å²) in [6, 6.07) is 12.4. The molecule has 3 rings (SSSR count). The van der Waals surface area contributed by atoms with Crippen LogP contribution in [0.2, 0.25) is 0 Å². The zero-order chi connectivity index (χ0) is 23.3. The minimum absolute atomic E-state index is 0.0542. The molecule has 1 aliphatic heterocycles. The van der Waals surface area contributed by atoms with Crippen LogP contribution in [-0.4, -0.2) is 57.5 Å². The lowest BCUT2D eigenvalue weighted by atomic mass is 9.97. The van der Waals surface area contributed by atoms with Gasteiger partial charge in [-0.15, -0.1) is 0 Å². The average Bonchev–Trinajstić information content (AvgIpc) is 2.78. The number of esters is 1. The summed E-state index contributed by atoms with van der Waals surface area (Å²) in [5.74, 6) is -0.261. The lowest BCUT2D eigenvalue weighted by Gasteiger charge is -2.29. The summed E-state index contributed by atoms with van der Waals surface area (Å²) in [5.41, 5.74) is 8.71. The molecule has 9 heteroatoms. The SMILES string of the molecule is COC(=O)c1cc(CN(CC2CCNCC2)S(C)(=O)=O)cc(-c2cccc(C(=N)N)c2)c1. The number of benzene rings is 2. The molecule has 0 aromatic heterocycles. The first kappa shape index (κ1) is 23.9. The van der Waals surface area contributed by atoms with E-state index in [4.69, 9.17) is 15.9 Å². The molecular weight excluding hydrogens is 428 g/mol. The van der Waals surface area contributed by atoms with E-state index in [0.29, 0.717) is 29.2 Å². The van der Waals surface area contributed by atoms with Crippen molar-refractivity contribution in [2.24, 2.45) is 11.7 Å². The third kappa shape index (κ3) is 6.15. The Balaban J connectivity index is 1.98. The number of nitrogens with two attached hydrogens (primary N) is 1. The van der Waals surface area contributed by atoms with Crippen LogP contribution in [0.5, 0.6) is 0 Å². The van der Waals surface area contributed by atoms with Crippen molar-refractivity contribution in [1.29, 1.82) is 5.41 Å². The number of amidine groups is 1. The van der Waals surface area contributed by atoms with Gasteiger partial charge in [0.1, 0.15) is 5.84 Å². The van der Waals surface area contributed by atoms with Crippen LogP contribution in [0.4, 0.5) is 0 Å². The van der Waals surface area contributed by atoms with Crippen LogP contribution in [0.3, 0.4) is 0 Å². The Hall–Kier alpha value is -2.75. The number of nitrogen functional groups attached to an aromatic ring is 1. The second-order valence-corrected chi connectivity index (χ2v) is 10.1. The van der Waals surface area contributed by atoms with Crippen LogP contribution in [0.1, 0.15) is 34.3 Å². The first-order valence-electron chi connectivity index (χ1n) is 10.5. The molecule has 0 saturated carbocycles. The number of hydrogen-bond donors (Lipinski definition) is 3. The molecule has 4 N–H and O–H groups in total. The van der Waals surface area contributed by atoms with Crippen LogP contribution < -0.4 is 11.1 Å². The number of piperidine rings is 1. The molecule has 0 spiro atoms. The van der Waals surface area contributed by atoms with E-state index in [2.05, 4.69) is 5.32 Å². The van der Waals surface area contributed by atoms with Crippen molar-refractivity contribution in [3.05, 3.63) is 59.2 Å². The van der Waals surface area contributed by atoms with Crippen LogP contribution >= 0.6 is 0 Å². The van der Waals surface area contributed by atoms with Gasteiger partial charge in [0.05, 0.1) is 18.9 Å². The fourth-order valence-electron chi connectivity index (χ4n) is 3.93. The highest BCUT2D eigenvalue weighted by molar-refractivity contribution is 7.88. The number of rotatable bonds is 8. The number of carbonyl (C=O) groups excluding carboxylic acids is 1. The maximum absolute atomic E-state index is 12.5. The third-order valence-electron chi connectivity index (χ3n) is 5.67. The number of nitrogens with one attached hydrogen (secondary N) is 2. The fourth-order valence-corrected chi connectivity index (χ4v) is 4.79. The van der Waals surface area contributed by atoms with E-state index in [9.17, 15) is 13.2 Å². The molecule has 0 aliphatic carbocycles. The van der Waals surface area contributed by atoms with Crippen LogP contribution in [0, 0.1) is 11.3 Å². The van der Waals surface area contributed by atoms with Gasteiger partial charge in [-0.3, -0.25) is 5.41 Å². The molecule has 1 fully saturated rings. The minimum Gasteiger partial charge on any atom is -0.465 e. The molecule has 172 valence electrons. The first-order chi connectivity index (χ1) is 15.2. The van der Waals surface area contributed by atoms with Gasteiger partial charge in [0.25, 0.3) is 0 Å². The Kier molecular flexibility index (Phi) is 7.65. The Morgan fingerprint density at radius 3 is 2.47 bits per heavy atom. The van der Waals surface area contributed by atoms with Crippen molar-refractivity contribution in [2.75, 3.05) is 33.0 Å². The van der Waals surface area contributed by atoms with Gasteiger partial charge in [-0.1, -0.05) is 18.2 Å². The van der Waals surface area contributed by atoms with E-state index < -0.39 is 16.0 Å². The molecule has 32 heavy (non-hydrogen) atoms. The van der Waals surface area contributed by atoms with Crippen LogP contribution in [0.25, 0.3) is 11.1 Å². The van der Waals surface area contributed by atoms with Gasteiger partial charge in [-0.2, -0.15) is 4.31 Å². The maximum Gasteiger partial charge on any atom is 0.337 e. The van der Waals surface area contributed by atoms with Crippen molar-refractivity contribution in [2.45, 2.75) is 19.4 Å². The maximum atomic E-state index is 12.5. The summed E-state index contributed by atoms with van der Waals surface area (Å²) >= 11 is 0. The Bertz CT molecular complexity index is 1090. The molecular formula is C23H30N4O4S. The zero-order valence-corrected chi connectivity index (χ0v) is 19.2. The van der Waals surface area contributed by atoms with Crippen molar-refractivity contribution in [3.8, 4) is 11.1 Å². The summed E-state index contributed by atoms with van der Waals surface area (Å²) < 4.78 is 31.5. The van der Waals surface area contributed by atoms with Gasteiger partial charge in [0.2, 0.25) is 10.0 Å². The van der Waals surface area contributed by atoms with Crippen molar-refractivity contribution < 1.29 is 17.9 Å². The smallest absolute Gasteiger partial charge is 0.337 e. The molecule has 0 radical (unpaired) electrons.